The van der Waals surface area contributed by atoms with Crippen molar-refractivity contribution < 1.29 is 4.79 Å². The highest BCUT2D eigenvalue weighted by molar-refractivity contribution is 7.13. The first-order valence-corrected chi connectivity index (χ1v) is 6.82. The second kappa shape index (κ2) is 5.17. The van der Waals surface area contributed by atoms with Crippen LogP contribution in [0.1, 0.15) is 15.2 Å². The maximum absolute atomic E-state index is 12.2. The van der Waals surface area contributed by atoms with Gasteiger partial charge in [-0.1, -0.05) is 46.4 Å². The standard InChI is InChI=1S/C11H4Cl4OS/c12-5-3-7(14)9(8(15)4-5)10(16)11-6(13)1-2-17-11/h1-4H. The molecule has 0 aliphatic carbocycles. The van der Waals surface area contributed by atoms with E-state index < -0.39 is 0 Å². The van der Waals surface area contributed by atoms with Crippen LogP contribution in [0, 0.1) is 0 Å². The van der Waals surface area contributed by atoms with Gasteiger partial charge in [0.15, 0.2) is 0 Å². The molecule has 1 nitrogen and oxygen atoms in total. The monoisotopic (exact) mass is 324 g/mol. The van der Waals surface area contributed by atoms with E-state index in [4.69, 9.17) is 46.4 Å². The minimum absolute atomic E-state index is 0.219. The van der Waals surface area contributed by atoms with Gasteiger partial charge in [0.05, 0.1) is 25.5 Å². The van der Waals surface area contributed by atoms with E-state index in [2.05, 4.69) is 0 Å². The van der Waals surface area contributed by atoms with Crippen molar-refractivity contribution in [2.45, 2.75) is 0 Å². The molecule has 1 heterocycles. The smallest absolute Gasteiger partial charge is 0.207 e. The summed E-state index contributed by atoms with van der Waals surface area (Å²) in [6, 6.07) is 4.60. The average Bonchev–Trinajstić information content (AvgIpc) is 2.62. The third-order valence-corrected chi connectivity index (χ3v) is 4.21. The van der Waals surface area contributed by atoms with Gasteiger partial charge in [-0.15, -0.1) is 11.3 Å². The minimum atomic E-state index is -0.295. The average molecular weight is 326 g/mol. The summed E-state index contributed by atoms with van der Waals surface area (Å²) in [5.41, 5.74) is 0.224. The molecule has 0 aliphatic heterocycles. The van der Waals surface area contributed by atoms with Crippen molar-refractivity contribution in [1.29, 1.82) is 0 Å². The van der Waals surface area contributed by atoms with Crippen molar-refractivity contribution >= 4 is 63.5 Å². The summed E-state index contributed by atoms with van der Waals surface area (Å²) in [4.78, 5) is 12.6. The zero-order valence-electron chi connectivity index (χ0n) is 8.14. The lowest BCUT2D eigenvalue weighted by Gasteiger charge is -2.05. The molecule has 0 aliphatic rings. The molecule has 0 N–H and O–H groups in total. The fourth-order valence-corrected chi connectivity index (χ4v) is 3.40. The van der Waals surface area contributed by atoms with Gasteiger partial charge in [0.2, 0.25) is 5.78 Å². The number of ketones is 1. The van der Waals surface area contributed by atoms with Gasteiger partial charge in [0.25, 0.3) is 0 Å². The Balaban J connectivity index is 2.56. The Labute approximate surface area is 122 Å². The number of carbonyl (C=O) groups excluding carboxylic acids is 1. The third-order valence-electron chi connectivity index (χ3n) is 2.06. The van der Waals surface area contributed by atoms with Crippen molar-refractivity contribution in [1.82, 2.24) is 0 Å². The number of halogens is 4. The minimum Gasteiger partial charge on any atom is -0.288 e. The molecule has 0 unspecified atom stereocenters. The van der Waals surface area contributed by atoms with Gasteiger partial charge in [-0.05, 0) is 23.6 Å². The maximum Gasteiger partial charge on any atom is 0.207 e. The highest BCUT2D eigenvalue weighted by Gasteiger charge is 2.20. The summed E-state index contributed by atoms with van der Waals surface area (Å²) in [7, 11) is 0. The first kappa shape index (κ1) is 13.2. The third kappa shape index (κ3) is 2.61. The Hall–Kier alpha value is -0.250. The molecule has 0 bridgehead atoms. The van der Waals surface area contributed by atoms with Gasteiger partial charge in [0, 0.05) is 5.02 Å². The van der Waals surface area contributed by atoms with Crippen LogP contribution in [0.5, 0.6) is 0 Å². The van der Waals surface area contributed by atoms with Crippen molar-refractivity contribution in [3.05, 3.63) is 54.1 Å². The summed E-state index contributed by atoms with van der Waals surface area (Å²) in [6.07, 6.45) is 0. The lowest BCUT2D eigenvalue weighted by molar-refractivity contribution is 0.104. The van der Waals surface area contributed by atoms with E-state index in [0.29, 0.717) is 14.9 Å². The van der Waals surface area contributed by atoms with Crippen LogP contribution in [0.25, 0.3) is 0 Å². The van der Waals surface area contributed by atoms with E-state index in [1.54, 1.807) is 11.4 Å². The predicted octanol–water partition coefficient (Wildman–Crippen LogP) is 5.59. The van der Waals surface area contributed by atoms with Gasteiger partial charge in [-0.3, -0.25) is 4.79 Å². The van der Waals surface area contributed by atoms with Crippen LogP contribution in [-0.4, -0.2) is 5.78 Å². The Morgan fingerprint density at radius 1 is 1.00 bits per heavy atom. The van der Waals surface area contributed by atoms with E-state index in [0.717, 1.165) is 0 Å². The van der Waals surface area contributed by atoms with Crippen LogP contribution in [0.4, 0.5) is 0 Å². The predicted molar refractivity (Wildman–Crippen MR) is 74.2 cm³/mol. The quantitative estimate of drug-likeness (QED) is 0.657. The Bertz CT molecular complexity index is 568. The number of thiophene rings is 1. The summed E-state index contributed by atoms with van der Waals surface area (Å²) in [5.74, 6) is -0.295. The molecule has 2 rings (SSSR count). The highest BCUT2D eigenvalue weighted by Crippen LogP contribution is 2.33. The largest absolute Gasteiger partial charge is 0.288 e. The molecular weight excluding hydrogens is 322 g/mol. The molecule has 0 radical (unpaired) electrons. The Morgan fingerprint density at radius 2 is 1.59 bits per heavy atom. The van der Waals surface area contributed by atoms with E-state index in [1.165, 1.54) is 23.5 Å². The van der Waals surface area contributed by atoms with Crippen LogP contribution in [0.3, 0.4) is 0 Å². The van der Waals surface area contributed by atoms with Gasteiger partial charge in [-0.25, -0.2) is 0 Å². The Kier molecular flexibility index (Phi) is 4.01. The molecule has 1 aromatic carbocycles. The first-order chi connectivity index (χ1) is 8.00. The number of benzene rings is 1. The second-order valence-corrected chi connectivity index (χ2v) is 5.75. The first-order valence-electron chi connectivity index (χ1n) is 4.43. The van der Waals surface area contributed by atoms with Gasteiger partial charge in [0.1, 0.15) is 0 Å². The van der Waals surface area contributed by atoms with Crippen LogP contribution < -0.4 is 0 Å². The molecule has 0 atom stereocenters. The van der Waals surface area contributed by atoms with Gasteiger partial charge in [-0.2, -0.15) is 0 Å². The summed E-state index contributed by atoms with van der Waals surface area (Å²) < 4.78 is 0. The van der Waals surface area contributed by atoms with Crippen LogP contribution in [0.15, 0.2) is 23.6 Å². The number of hydrogen-bond acceptors (Lipinski definition) is 2. The lowest BCUT2D eigenvalue weighted by atomic mass is 10.1. The topological polar surface area (TPSA) is 17.1 Å². The molecule has 0 saturated heterocycles. The number of hydrogen-bond donors (Lipinski definition) is 0. The molecule has 6 heteroatoms. The Morgan fingerprint density at radius 3 is 2.06 bits per heavy atom. The normalized spacial score (nSPS) is 10.6. The summed E-state index contributed by atoms with van der Waals surface area (Å²) >= 11 is 24.9. The molecule has 0 spiro atoms. The maximum atomic E-state index is 12.2. The molecular formula is C11H4Cl4OS. The SMILES string of the molecule is O=C(c1sccc1Cl)c1c(Cl)cc(Cl)cc1Cl. The van der Waals surface area contributed by atoms with Crippen molar-refractivity contribution in [2.75, 3.05) is 0 Å². The molecule has 0 saturated carbocycles. The van der Waals surface area contributed by atoms with E-state index in [9.17, 15) is 4.79 Å². The molecule has 0 fully saturated rings. The zero-order valence-corrected chi connectivity index (χ0v) is 12.0. The van der Waals surface area contributed by atoms with Crippen molar-refractivity contribution in [2.24, 2.45) is 0 Å². The second-order valence-electron chi connectivity index (χ2n) is 3.17. The van der Waals surface area contributed by atoms with Crippen LogP contribution in [0.2, 0.25) is 20.1 Å². The van der Waals surface area contributed by atoms with E-state index in [1.807, 2.05) is 0 Å². The van der Waals surface area contributed by atoms with Crippen LogP contribution in [-0.2, 0) is 0 Å². The van der Waals surface area contributed by atoms with Gasteiger partial charge < -0.3 is 0 Å². The molecule has 17 heavy (non-hydrogen) atoms. The molecule has 88 valence electrons. The fourth-order valence-electron chi connectivity index (χ4n) is 1.33. The lowest BCUT2D eigenvalue weighted by Crippen LogP contribution is -2.01. The van der Waals surface area contributed by atoms with Crippen molar-refractivity contribution in [3.8, 4) is 0 Å². The van der Waals surface area contributed by atoms with Crippen molar-refractivity contribution in [3.63, 3.8) is 0 Å². The fraction of sp³-hybridized carbons (Fsp3) is 0. The summed E-state index contributed by atoms with van der Waals surface area (Å²) in [6.45, 7) is 0. The number of rotatable bonds is 2. The van der Waals surface area contributed by atoms with Crippen LogP contribution >= 0.6 is 57.7 Å². The highest BCUT2D eigenvalue weighted by atomic mass is 35.5. The molecule has 1 aromatic heterocycles. The molecule has 2 aromatic rings. The van der Waals surface area contributed by atoms with Gasteiger partial charge >= 0.3 is 0 Å². The summed E-state index contributed by atoms with van der Waals surface area (Å²) in [5, 5.41) is 2.94. The molecule has 0 amide bonds. The van der Waals surface area contributed by atoms with E-state index >= 15 is 0 Å². The zero-order chi connectivity index (χ0) is 12.6. The van der Waals surface area contributed by atoms with E-state index in [-0.39, 0.29) is 21.4 Å². The number of carbonyl (C=O) groups is 1.